The Morgan fingerprint density at radius 3 is 2.21 bits per heavy atom. The van der Waals surface area contributed by atoms with Gasteiger partial charge in [0.15, 0.2) is 0 Å². The predicted molar refractivity (Wildman–Crippen MR) is 75.3 cm³/mol. The summed E-state index contributed by atoms with van der Waals surface area (Å²) in [6.07, 6.45) is 0. The Balaban J connectivity index is 2.58. The van der Waals surface area contributed by atoms with Crippen molar-refractivity contribution in [1.29, 1.82) is 0 Å². The number of hydrogen-bond acceptors (Lipinski definition) is 3. The summed E-state index contributed by atoms with van der Waals surface area (Å²) in [5, 5.41) is 12.3. The molecule has 0 radical (unpaired) electrons. The Morgan fingerprint density at radius 1 is 1.21 bits per heavy atom. The van der Waals surface area contributed by atoms with E-state index in [-0.39, 0.29) is 11.8 Å². The van der Waals surface area contributed by atoms with E-state index in [1.54, 1.807) is 6.07 Å². The number of rotatable bonds is 7. The zero-order valence-corrected chi connectivity index (χ0v) is 12.4. The highest BCUT2D eigenvalue weighted by atomic mass is 16.4. The van der Waals surface area contributed by atoms with E-state index in [9.17, 15) is 4.79 Å². The largest absolute Gasteiger partial charge is 0.475 e. The van der Waals surface area contributed by atoms with Gasteiger partial charge >= 0.3 is 5.97 Å². The summed E-state index contributed by atoms with van der Waals surface area (Å²) in [4.78, 5) is 10.8. The lowest BCUT2D eigenvalue weighted by Gasteiger charge is -2.26. The van der Waals surface area contributed by atoms with Crippen LogP contribution in [0.1, 0.15) is 57.0 Å². The van der Waals surface area contributed by atoms with Gasteiger partial charge in [-0.15, -0.1) is 0 Å². The SMILES string of the molecule is CC(NCC(C(C)C)C(C)C)c1ccc(C(=O)O)o1. The van der Waals surface area contributed by atoms with Crippen LogP contribution >= 0.6 is 0 Å². The van der Waals surface area contributed by atoms with Crippen LogP contribution in [0.15, 0.2) is 16.5 Å². The first-order valence-electron chi connectivity index (χ1n) is 6.89. The maximum absolute atomic E-state index is 10.8. The van der Waals surface area contributed by atoms with E-state index in [4.69, 9.17) is 9.52 Å². The number of aromatic carboxylic acids is 1. The van der Waals surface area contributed by atoms with Crippen molar-refractivity contribution in [2.45, 2.75) is 40.7 Å². The molecular formula is C15H25NO3. The highest BCUT2D eigenvalue weighted by molar-refractivity contribution is 5.84. The maximum Gasteiger partial charge on any atom is 0.371 e. The lowest BCUT2D eigenvalue weighted by atomic mass is 9.85. The molecule has 0 aliphatic rings. The summed E-state index contributed by atoms with van der Waals surface area (Å²) in [7, 11) is 0. The molecule has 2 N–H and O–H groups in total. The van der Waals surface area contributed by atoms with Crippen LogP contribution < -0.4 is 5.32 Å². The summed E-state index contributed by atoms with van der Waals surface area (Å²) in [6.45, 7) is 11.8. The maximum atomic E-state index is 10.8. The van der Waals surface area contributed by atoms with E-state index in [0.29, 0.717) is 23.5 Å². The minimum atomic E-state index is -1.03. The Labute approximate surface area is 115 Å². The van der Waals surface area contributed by atoms with Crippen LogP contribution in [0.25, 0.3) is 0 Å². The Morgan fingerprint density at radius 2 is 1.79 bits per heavy atom. The van der Waals surface area contributed by atoms with Crippen molar-refractivity contribution in [1.82, 2.24) is 5.32 Å². The van der Waals surface area contributed by atoms with Crippen LogP contribution in [0.4, 0.5) is 0 Å². The molecule has 19 heavy (non-hydrogen) atoms. The quantitative estimate of drug-likeness (QED) is 0.793. The fourth-order valence-electron chi connectivity index (χ4n) is 2.36. The van der Waals surface area contributed by atoms with Crippen molar-refractivity contribution in [3.8, 4) is 0 Å². The lowest BCUT2D eigenvalue weighted by Crippen LogP contribution is -2.31. The topological polar surface area (TPSA) is 62.5 Å². The Hall–Kier alpha value is -1.29. The molecule has 1 aromatic rings. The third kappa shape index (κ3) is 4.39. The molecule has 0 aliphatic heterocycles. The zero-order chi connectivity index (χ0) is 14.6. The molecular weight excluding hydrogens is 242 g/mol. The second-order valence-corrected chi connectivity index (χ2v) is 5.79. The summed E-state index contributed by atoms with van der Waals surface area (Å²) in [5.74, 6) is 1.46. The molecule has 4 nitrogen and oxygen atoms in total. The second-order valence-electron chi connectivity index (χ2n) is 5.79. The van der Waals surface area contributed by atoms with Gasteiger partial charge in [-0.3, -0.25) is 0 Å². The first kappa shape index (κ1) is 15.8. The van der Waals surface area contributed by atoms with Gasteiger partial charge in [-0.25, -0.2) is 4.79 Å². The van der Waals surface area contributed by atoms with Gasteiger partial charge in [0, 0.05) is 0 Å². The molecule has 1 rings (SSSR count). The molecule has 1 aromatic heterocycles. The van der Waals surface area contributed by atoms with Gasteiger partial charge in [0.1, 0.15) is 5.76 Å². The third-order valence-electron chi connectivity index (χ3n) is 3.64. The molecule has 0 saturated heterocycles. The van der Waals surface area contributed by atoms with Crippen molar-refractivity contribution in [2.24, 2.45) is 17.8 Å². The first-order valence-corrected chi connectivity index (χ1v) is 6.89. The van der Waals surface area contributed by atoms with Gasteiger partial charge in [-0.1, -0.05) is 27.7 Å². The van der Waals surface area contributed by atoms with E-state index in [1.165, 1.54) is 6.07 Å². The molecule has 0 saturated carbocycles. The third-order valence-corrected chi connectivity index (χ3v) is 3.64. The van der Waals surface area contributed by atoms with E-state index in [2.05, 4.69) is 33.0 Å². The number of carbonyl (C=O) groups is 1. The van der Waals surface area contributed by atoms with Gasteiger partial charge in [0.05, 0.1) is 6.04 Å². The average Bonchev–Trinajstić information content (AvgIpc) is 2.77. The van der Waals surface area contributed by atoms with Crippen molar-refractivity contribution < 1.29 is 14.3 Å². The summed E-state index contributed by atoms with van der Waals surface area (Å²) < 4.78 is 5.30. The summed E-state index contributed by atoms with van der Waals surface area (Å²) in [6, 6.07) is 3.24. The number of furan rings is 1. The van der Waals surface area contributed by atoms with E-state index < -0.39 is 5.97 Å². The van der Waals surface area contributed by atoms with Gasteiger partial charge in [0.25, 0.3) is 0 Å². The summed E-state index contributed by atoms with van der Waals surface area (Å²) >= 11 is 0. The van der Waals surface area contributed by atoms with E-state index in [0.717, 1.165) is 6.54 Å². The van der Waals surface area contributed by atoms with Gasteiger partial charge < -0.3 is 14.8 Å². The highest BCUT2D eigenvalue weighted by Gasteiger charge is 2.20. The molecule has 0 amide bonds. The number of hydrogen-bond donors (Lipinski definition) is 2. The fraction of sp³-hybridized carbons (Fsp3) is 0.667. The Kier molecular flexibility index (Phi) is 5.60. The zero-order valence-electron chi connectivity index (χ0n) is 12.4. The average molecular weight is 267 g/mol. The molecule has 1 heterocycles. The van der Waals surface area contributed by atoms with Crippen molar-refractivity contribution in [3.05, 3.63) is 23.7 Å². The minimum Gasteiger partial charge on any atom is -0.475 e. The van der Waals surface area contributed by atoms with Crippen LogP contribution in [0.2, 0.25) is 0 Å². The normalized spacial score (nSPS) is 13.5. The lowest BCUT2D eigenvalue weighted by molar-refractivity contribution is 0.0659. The molecule has 0 spiro atoms. The van der Waals surface area contributed by atoms with E-state index in [1.807, 2.05) is 6.92 Å². The van der Waals surface area contributed by atoms with Gasteiger partial charge in [-0.2, -0.15) is 0 Å². The molecule has 108 valence electrons. The molecule has 0 fully saturated rings. The van der Waals surface area contributed by atoms with Crippen LogP contribution in [0.5, 0.6) is 0 Å². The standard InChI is InChI=1S/C15H25NO3/c1-9(2)12(10(3)4)8-16-11(5)13-6-7-14(19-13)15(17)18/h6-7,9-12,16H,8H2,1-5H3,(H,17,18). The molecule has 0 aromatic carbocycles. The molecule has 1 atom stereocenters. The molecule has 4 heteroatoms. The number of nitrogens with one attached hydrogen (secondary N) is 1. The van der Waals surface area contributed by atoms with Crippen LogP contribution in [-0.4, -0.2) is 17.6 Å². The van der Waals surface area contributed by atoms with Crippen molar-refractivity contribution in [2.75, 3.05) is 6.54 Å². The van der Waals surface area contributed by atoms with Crippen LogP contribution in [-0.2, 0) is 0 Å². The molecule has 0 aliphatic carbocycles. The van der Waals surface area contributed by atoms with Crippen molar-refractivity contribution >= 4 is 5.97 Å². The first-order chi connectivity index (χ1) is 8.82. The summed E-state index contributed by atoms with van der Waals surface area (Å²) in [5.41, 5.74) is 0. The monoisotopic (exact) mass is 267 g/mol. The molecule has 1 unspecified atom stereocenters. The minimum absolute atomic E-state index is 0.00656. The Bertz CT molecular complexity index is 401. The number of carboxylic acids is 1. The fourth-order valence-corrected chi connectivity index (χ4v) is 2.36. The predicted octanol–water partition coefficient (Wildman–Crippen LogP) is 3.56. The number of carboxylic acid groups (broad SMARTS) is 1. The molecule has 0 bridgehead atoms. The van der Waals surface area contributed by atoms with Crippen LogP contribution in [0.3, 0.4) is 0 Å². The van der Waals surface area contributed by atoms with Crippen molar-refractivity contribution in [3.63, 3.8) is 0 Å². The van der Waals surface area contributed by atoms with Crippen LogP contribution in [0, 0.1) is 17.8 Å². The second kappa shape index (κ2) is 6.75. The smallest absolute Gasteiger partial charge is 0.371 e. The van der Waals surface area contributed by atoms with E-state index >= 15 is 0 Å². The highest BCUT2D eigenvalue weighted by Crippen LogP contribution is 2.22. The van der Waals surface area contributed by atoms with Gasteiger partial charge in [0.2, 0.25) is 5.76 Å². The van der Waals surface area contributed by atoms with Gasteiger partial charge in [-0.05, 0) is 43.4 Å².